The summed E-state index contributed by atoms with van der Waals surface area (Å²) in [5, 5.41) is 16.7. The molecular weight excluding hydrogens is 306 g/mol. The summed E-state index contributed by atoms with van der Waals surface area (Å²) in [6.45, 7) is 4.88. The van der Waals surface area contributed by atoms with Gasteiger partial charge in [-0.1, -0.05) is 44.2 Å². The van der Waals surface area contributed by atoms with Crippen molar-refractivity contribution in [2.75, 3.05) is 17.6 Å². The SMILES string of the molecule is CC(C)(CNc1cc(C(=O)O)c2nc(N)nn2c1)c1ccccc1. The van der Waals surface area contributed by atoms with E-state index in [1.807, 2.05) is 18.2 Å². The number of nitrogens with two attached hydrogens (primary N) is 1. The van der Waals surface area contributed by atoms with E-state index in [0.29, 0.717) is 12.2 Å². The van der Waals surface area contributed by atoms with Gasteiger partial charge in [0.2, 0.25) is 5.95 Å². The molecule has 0 atom stereocenters. The number of carboxylic acids is 1. The highest BCUT2D eigenvalue weighted by atomic mass is 16.4. The third kappa shape index (κ3) is 3.01. The van der Waals surface area contributed by atoms with Gasteiger partial charge in [-0.15, -0.1) is 5.10 Å². The fourth-order valence-electron chi connectivity index (χ4n) is 2.57. The molecule has 2 heterocycles. The van der Waals surface area contributed by atoms with Crippen molar-refractivity contribution in [1.29, 1.82) is 0 Å². The van der Waals surface area contributed by atoms with Gasteiger partial charge in [0.1, 0.15) is 5.56 Å². The van der Waals surface area contributed by atoms with Crippen LogP contribution in [0.1, 0.15) is 29.8 Å². The van der Waals surface area contributed by atoms with Gasteiger partial charge in [-0.3, -0.25) is 0 Å². The molecule has 7 heteroatoms. The van der Waals surface area contributed by atoms with Gasteiger partial charge < -0.3 is 16.2 Å². The smallest absolute Gasteiger partial charge is 0.339 e. The van der Waals surface area contributed by atoms with E-state index in [-0.39, 0.29) is 22.6 Å². The molecule has 0 radical (unpaired) electrons. The maximum Gasteiger partial charge on any atom is 0.339 e. The lowest BCUT2D eigenvalue weighted by atomic mass is 9.84. The van der Waals surface area contributed by atoms with Gasteiger partial charge >= 0.3 is 5.97 Å². The molecule has 0 saturated heterocycles. The molecule has 0 fully saturated rings. The molecule has 0 unspecified atom stereocenters. The lowest BCUT2D eigenvalue weighted by Gasteiger charge is -2.26. The van der Waals surface area contributed by atoms with Crippen LogP contribution in [0.4, 0.5) is 11.6 Å². The van der Waals surface area contributed by atoms with Crippen molar-refractivity contribution in [3.8, 4) is 0 Å². The van der Waals surface area contributed by atoms with Crippen LogP contribution in [0.25, 0.3) is 5.65 Å². The molecule has 0 aliphatic heterocycles. The molecule has 2 aromatic heterocycles. The van der Waals surface area contributed by atoms with E-state index >= 15 is 0 Å². The summed E-state index contributed by atoms with van der Waals surface area (Å²) in [7, 11) is 0. The van der Waals surface area contributed by atoms with Crippen LogP contribution >= 0.6 is 0 Å². The number of rotatable bonds is 5. The van der Waals surface area contributed by atoms with Crippen LogP contribution in [-0.2, 0) is 5.41 Å². The molecule has 3 aromatic rings. The average molecular weight is 325 g/mol. The molecule has 124 valence electrons. The standard InChI is InChI=1S/C17H19N5O2/c1-17(2,11-6-4-3-5-7-11)10-19-12-8-13(15(23)24)14-20-16(18)21-22(14)9-12/h3-9,19H,10H2,1-2H3,(H2,18,21)(H,23,24). The maximum absolute atomic E-state index is 11.4. The summed E-state index contributed by atoms with van der Waals surface area (Å²) in [6.07, 6.45) is 1.69. The first-order valence-electron chi connectivity index (χ1n) is 7.55. The monoisotopic (exact) mass is 325 g/mol. The molecule has 0 aliphatic carbocycles. The predicted octanol–water partition coefficient (Wildman–Crippen LogP) is 2.40. The van der Waals surface area contributed by atoms with Crippen molar-refractivity contribution < 1.29 is 9.90 Å². The Morgan fingerprint density at radius 3 is 2.71 bits per heavy atom. The Morgan fingerprint density at radius 1 is 1.33 bits per heavy atom. The third-order valence-electron chi connectivity index (χ3n) is 3.97. The minimum atomic E-state index is -1.07. The number of aromatic carboxylic acids is 1. The van der Waals surface area contributed by atoms with Crippen molar-refractivity contribution in [1.82, 2.24) is 14.6 Å². The zero-order chi connectivity index (χ0) is 17.3. The van der Waals surface area contributed by atoms with Gasteiger partial charge in [-0.2, -0.15) is 4.98 Å². The molecule has 0 bridgehead atoms. The van der Waals surface area contributed by atoms with Crippen molar-refractivity contribution in [2.45, 2.75) is 19.3 Å². The van der Waals surface area contributed by atoms with E-state index < -0.39 is 5.97 Å². The Labute approximate surface area is 139 Å². The van der Waals surface area contributed by atoms with Crippen LogP contribution in [-0.4, -0.2) is 32.2 Å². The molecule has 1 aromatic carbocycles. The second kappa shape index (κ2) is 5.84. The number of hydrogen-bond acceptors (Lipinski definition) is 5. The maximum atomic E-state index is 11.4. The van der Waals surface area contributed by atoms with Gasteiger partial charge in [0.05, 0.1) is 11.9 Å². The topological polar surface area (TPSA) is 106 Å². The summed E-state index contributed by atoms with van der Waals surface area (Å²) in [5.74, 6) is -1.03. The largest absolute Gasteiger partial charge is 0.478 e. The van der Waals surface area contributed by atoms with E-state index in [1.165, 1.54) is 10.1 Å². The number of carboxylic acid groups (broad SMARTS) is 1. The minimum Gasteiger partial charge on any atom is -0.478 e. The Bertz CT molecular complexity index is 887. The van der Waals surface area contributed by atoms with E-state index in [1.54, 1.807) is 12.3 Å². The molecule has 7 nitrogen and oxygen atoms in total. The first-order valence-corrected chi connectivity index (χ1v) is 7.55. The number of nitrogens with zero attached hydrogens (tertiary/aromatic N) is 3. The van der Waals surface area contributed by atoms with Crippen LogP contribution < -0.4 is 11.1 Å². The first-order chi connectivity index (χ1) is 11.4. The number of nitrogen functional groups attached to an aromatic ring is 1. The van der Waals surface area contributed by atoms with Crippen molar-refractivity contribution in [2.24, 2.45) is 0 Å². The fraction of sp³-hybridized carbons (Fsp3) is 0.235. The van der Waals surface area contributed by atoms with E-state index in [4.69, 9.17) is 5.73 Å². The summed E-state index contributed by atoms with van der Waals surface area (Å²) < 4.78 is 1.39. The summed E-state index contributed by atoms with van der Waals surface area (Å²) in [6, 6.07) is 11.7. The van der Waals surface area contributed by atoms with Crippen LogP contribution in [0.15, 0.2) is 42.6 Å². The zero-order valence-corrected chi connectivity index (χ0v) is 13.5. The van der Waals surface area contributed by atoms with Crippen LogP contribution in [0, 0.1) is 0 Å². The summed E-state index contributed by atoms with van der Waals surface area (Å²) in [5.41, 5.74) is 7.58. The van der Waals surface area contributed by atoms with Gasteiger partial charge in [-0.05, 0) is 11.6 Å². The quantitative estimate of drug-likeness (QED) is 0.665. The number of benzene rings is 1. The first kappa shape index (κ1) is 15.8. The Balaban J connectivity index is 1.89. The Hall–Kier alpha value is -3.09. The van der Waals surface area contributed by atoms with Gasteiger partial charge in [0.15, 0.2) is 5.65 Å². The molecule has 0 amide bonds. The number of carbonyl (C=O) groups is 1. The second-order valence-corrected chi connectivity index (χ2v) is 6.29. The molecule has 0 spiro atoms. The number of nitrogens with one attached hydrogen (secondary N) is 1. The van der Waals surface area contributed by atoms with Gasteiger partial charge in [0, 0.05) is 12.0 Å². The lowest BCUT2D eigenvalue weighted by Crippen LogP contribution is -2.27. The normalized spacial score (nSPS) is 11.6. The minimum absolute atomic E-state index is 0.0410. The third-order valence-corrected chi connectivity index (χ3v) is 3.97. The Morgan fingerprint density at radius 2 is 2.04 bits per heavy atom. The van der Waals surface area contributed by atoms with Gasteiger partial charge in [0.25, 0.3) is 0 Å². The average Bonchev–Trinajstić information content (AvgIpc) is 2.93. The number of fused-ring (bicyclic) bond motifs is 1. The highest BCUT2D eigenvalue weighted by Gasteiger charge is 2.21. The number of aromatic nitrogens is 3. The van der Waals surface area contributed by atoms with Crippen molar-refractivity contribution in [3.05, 3.63) is 53.7 Å². The van der Waals surface area contributed by atoms with E-state index in [2.05, 4.69) is 41.4 Å². The fourth-order valence-corrected chi connectivity index (χ4v) is 2.57. The van der Waals surface area contributed by atoms with Crippen molar-refractivity contribution in [3.63, 3.8) is 0 Å². The molecule has 24 heavy (non-hydrogen) atoms. The van der Waals surface area contributed by atoms with Crippen LogP contribution in [0.3, 0.4) is 0 Å². The number of anilines is 2. The van der Waals surface area contributed by atoms with Crippen LogP contribution in [0.5, 0.6) is 0 Å². The van der Waals surface area contributed by atoms with Crippen molar-refractivity contribution >= 4 is 23.3 Å². The van der Waals surface area contributed by atoms with E-state index in [9.17, 15) is 9.90 Å². The molecule has 3 rings (SSSR count). The zero-order valence-electron chi connectivity index (χ0n) is 13.5. The van der Waals surface area contributed by atoms with Crippen LogP contribution in [0.2, 0.25) is 0 Å². The second-order valence-electron chi connectivity index (χ2n) is 6.29. The number of hydrogen-bond donors (Lipinski definition) is 3. The molecule has 4 N–H and O–H groups in total. The number of pyridine rings is 1. The highest BCUT2D eigenvalue weighted by Crippen LogP contribution is 2.24. The predicted molar refractivity (Wildman–Crippen MR) is 92.3 cm³/mol. The molecule has 0 saturated carbocycles. The van der Waals surface area contributed by atoms with Gasteiger partial charge in [-0.25, -0.2) is 9.31 Å². The summed E-state index contributed by atoms with van der Waals surface area (Å²) >= 11 is 0. The molecular formula is C17H19N5O2. The lowest BCUT2D eigenvalue weighted by molar-refractivity contribution is 0.0698. The summed E-state index contributed by atoms with van der Waals surface area (Å²) in [4.78, 5) is 15.4. The van der Waals surface area contributed by atoms with E-state index in [0.717, 1.165) is 0 Å². The Kier molecular flexibility index (Phi) is 3.84. The molecule has 0 aliphatic rings. The highest BCUT2D eigenvalue weighted by molar-refractivity contribution is 5.95.